The van der Waals surface area contributed by atoms with Gasteiger partial charge in [-0.3, -0.25) is 4.79 Å². The highest BCUT2D eigenvalue weighted by molar-refractivity contribution is 7.88. The van der Waals surface area contributed by atoms with Crippen molar-refractivity contribution in [1.82, 2.24) is 4.31 Å². The normalized spacial score (nSPS) is 23.5. The number of amides is 1. The van der Waals surface area contributed by atoms with Crippen molar-refractivity contribution in [3.63, 3.8) is 0 Å². The molecule has 1 spiro atoms. The maximum absolute atomic E-state index is 13.2. The number of carbonyl (C=O) groups is 1. The molecule has 0 aliphatic carbocycles. The molecular weight excluding hydrogens is 396 g/mol. The predicted octanol–water partition coefficient (Wildman–Crippen LogP) is 3.69. The Labute approximate surface area is 171 Å². The van der Waals surface area contributed by atoms with Crippen molar-refractivity contribution >= 4 is 33.2 Å². The molecule has 2 aliphatic heterocycles. The van der Waals surface area contributed by atoms with Crippen LogP contribution in [0.15, 0.2) is 54.6 Å². The molecule has 5 nitrogen and oxygen atoms in total. The highest BCUT2D eigenvalue weighted by Gasteiger charge is 2.50. The molecule has 2 fully saturated rings. The summed E-state index contributed by atoms with van der Waals surface area (Å²) in [6.45, 7) is 1.35. The van der Waals surface area contributed by atoms with E-state index in [0.29, 0.717) is 36.5 Å². The van der Waals surface area contributed by atoms with Gasteiger partial charge in [-0.2, -0.15) is 0 Å². The van der Waals surface area contributed by atoms with Gasteiger partial charge in [0.05, 0.1) is 11.2 Å². The number of hydrogen-bond acceptors (Lipinski definition) is 3. The van der Waals surface area contributed by atoms with E-state index in [2.05, 4.69) is 0 Å². The summed E-state index contributed by atoms with van der Waals surface area (Å²) in [5, 5.41) is 0.521. The number of nitrogens with zero attached hydrogens (tertiary/aromatic N) is 2. The third-order valence-electron chi connectivity index (χ3n) is 5.75. The van der Waals surface area contributed by atoms with Crippen LogP contribution >= 0.6 is 11.6 Å². The van der Waals surface area contributed by atoms with E-state index in [1.54, 1.807) is 29.2 Å². The average molecular weight is 419 g/mol. The SMILES string of the molecule is O=C1N(c2ccccc2)CCC12CCCN(S(=O)(=O)Cc1cccc(Cl)c1)C2. The molecule has 1 unspecified atom stereocenters. The molecule has 0 N–H and O–H groups in total. The van der Waals surface area contributed by atoms with Gasteiger partial charge in [0.1, 0.15) is 0 Å². The zero-order chi connectivity index (χ0) is 19.8. The molecule has 0 aromatic heterocycles. The molecular formula is C21H23ClN2O3S. The van der Waals surface area contributed by atoms with Crippen LogP contribution in [0.25, 0.3) is 0 Å². The van der Waals surface area contributed by atoms with E-state index in [4.69, 9.17) is 11.6 Å². The number of sulfonamides is 1. The largest absolute Gasteiger partial charge is 0.312 e. The lowest BCUT2D eigenvalue weighted by molar-refractivity contribution is -0.127. The van der Waals surface area contributed by atoms with Crippen molar-refractivity contribution in [2.24, 2.45) is 5.41 Å². The Morgan fingerprint density at radius 2 is 1.79 bits per heavy atom. The smallest absolute Gasteiger partial charge is 0.234 e. The van der Waals surface area contributed by atoms with E-state index in [0.717, 1.165) is 12.1 Å². The summed E-state index contributed by atoms with van der Waals surface area (Å²) in [4.78, 5) is 15.0. The molecule has 7 heteroatoms. The molecule has 2 aliphatic rings. The van der Waals surface area contributed by atoms with Crippen LogP contribution in [0.3, 0.4) is 0 Å². The minimum absolute atomic E-state index is 0.0429. The average Bonchev–Trinajstić information content (AvgIpc) is 2.98. The molecule has 2 aromatic rings. The van der Waals surface area contributed by atoms with Gasteiger partial charge in [0, 0.05) is 30.3 Å². The molecule has 0 saturated carbocycles. The quantitative estimate of drug-likeness (QED) is 0.760. The number of hydrogen-bond donors (Lipinski definition) is 0. The van der Waals surface area contributed by atoms with Crippen molar-refractivity contribution in [2.75, 3.05) is 24.5 Å². The van der Waals surface area contributed by atoms with Crippen LogP contribution in [-0.2, 0) is 20.6 Å². The van der Waals surface area contributed by atoms with Gasteiger partial charge in [0.25, 0.3) is 0 Å². The summed E-state index contributed by atoms with van der Waals surface area (Å²) in [5.41, 5.74) is 0.925. The third kappa shape index (κ3) is 3.69. The van der Waals surface area contributed by atoms with E-state index in [9.17, 15) is 13.2 Å². The van der Waals surface area contributed by atoms with Gasteiger partial charge < -0.3 is 4.90 Å². The number of para-hydroxylation sites is 1. The first kappa shape index (κ1) is 19.4. The first-order valence-electron chi connectivity index (χ1n) is 9.49. The Kier molecular flexibility index (Phi) is 5.21. The van der Waals surface area contributed by atoms with E-state index in [1.807, 2.05) is 30.3 Å². The Hall–Kier alpha value is -1.89. The fourth-order valence-corrected chi connectivity index (χ4v) is 6.16. The molecule has 2 aromatic carbocycles. The van der Waals surface area contributed by atoms with E-state index in [1.165, 1.54) is 4.31 Å². The number of rotatable bonds is 4. The van der Waals surface area contributed by atoms with Crippen molar-refractivity contribution in [3.05, 3.63) is 65.2 Å². The van der Waals surface area contributed by atoms with Crippen molar-refractivity contribution in [3.8, 4) is 0 Å². The van der Waals surface area contributed by atoms with Crippen LogP contribution in [0.5, 0.6) is 0 Å². The lowest BCUT2D eigenvalue weighted by atomic mass is 9.79. The van der Waals surface area contributed by atoms with Crippen LogP contribution in [0.4, 0.5) is 5.69 Å². The topological polar surface area (TPSA) is 57.7 Å². The maximum Gasteiger partial charge on any atom is 0.234 e. The van der Waals surface area contributed by atoms with Gasteiger partial charge in [-0.1, -0.05) is 41.9 Å². The first-order chi connectivity index (χ1) is 13.4. The zero-order valence-electron chi connectivity index (χ0n) is 15.6. The van der Waals surface area contributed by atoms with Crippen LogP contribution in [-0.4, -0.2) is 38.3 Å². The molecule has 28 heavy (non-hydrogen) atoms. The lowest BCUT2D eigenvalue weighted by Crippen LogP contribution is -2.50. The minimum Gasteiger partial charge on any atom is -0.312 e. The standard InChI is InChI=1S/C21H23ClN2O3S/c22-18-7-4-6-17(14-18)15-28(26,27)23-12-5-10-21(16-23)11-13-24(20(21)25)19-8-2-1-3-9-19/h1-4,6-9,14H,5,10-13,15-16H2. The minimum atomic E-state index is -3.52. The van der Waals surface area contributed by atoms with Crippen LogP contribution in [0.1, 0.15) is 24.8 Å². The molecule has 2 heterocycles. The van der Waals surface area contributed by atoms with Gasteiger partial charge in [-0.15, -0.1) is 0 Å². The highest BCUT2D eigenvalue weighted by Crippen LogP contribution is 2.42. The second-order valence-electron chi connectivity index (χ2n) is 7.65. The lowest BCUT2D eigenvalue weighted by Gasteiger charge is -2.38. The molecule has 1 amide bonds. The molecule has 1 atom stereocenters. The number of anilines is 1. The van der Waals surface area contributed by atoms with Gasteiger partial charge in [-0.25, -0.2) is 12.7 Å². The summed E-state index contributed by atoms with van der Waals surface area (Å²) < 4.78 is 27.5. The Balaban J connectivity index is 1.53. The van der Waals surface area contributed by atoms with Gasteiger partial charge in [0.15, 0.2) is 0 Å². The molecule has 0 radical (unpaired) electrons. The van der Waals surface area contributed by atoms with Crippen LogP contribution in [0, 0.1) is 5.41 Å². The second kappa shape index (κ2) is 7.50. The summed E-state index contributed by atoms with van der Waals surface area (Å²) in [5.74, 6) is -0.0541. The molecule has 148 valence electrons. The fourth-order valence-electron chi connectivity index (χ4n) is 4.31. The van der Waals surface area contributed by atoms with Gasteiger partial charge >= 0.3 is 0 Å². The van der Waals surface area contributed by atoms with Crippen molar-refractivity contribution < 1.29 is 13.2 Å². The number of piperidine rings is 1. The number of benzene rings is 2. The number of halogens is 1. The zero-order valence-corrected chi connectivity index (χ0v) is 17.1. The van der Waals surface area contributed by atoms with E-state index in [-0.39, 0.29) is 18.2 Å². The Morgan fingerprint density at radius 1 is 1.00 bits per heavy atom. The molecule has 2 saturated heterocycles. The predicted molar refractivity (Wildman–Crippen MR) is 111 cm³/mol. The van der Waals surface area contributed by atoms with Crippen molar-refractivity contribution in [1.29, 1.82) is 0 Å². The monoisotopic (exact) mass is 418 g/mol. The highest BCUT2D eigenvalue weighted by atomic mass is 35.5. The van der Waals surface area contributed by atoms with Crippen molar-refractivity contribution in [2.45, 2.75) is 25.0 Å². The third-order valence-corrected chi connectivity index (χ3v) is 7.79. The Bertz CT molecular complexity index is 980. The number of carbonyl (C=O) groups excluding carboxylic acids is 1. The second-order valence-corrected chi connectivity index (χ2v) is 10.1. The van der Waals surface area contributed by atoms with E-state index < -0.39 is 15.4 Å². The first-order valence-corrected chi connectivity index (χ1v) is 11.5. The summed E-state index contributed by atoms with van der Waals surface area (Å²) in [7, 11) is -3.52. The van der Waals surface area contributed by atoms with Crippen LogP contribution in [0.2, 0.25) is 5.02 Å². The van der Waals surface area contributed by atoms with Crippen LogP contribution < -0.4 is 4.90 Å². The van der Waals surface area contributed by atoms with Gasteiger partial charge in [-0.05, 0) is 49.1 Å². The summed E-state index contributed by atoms with van der Waals surface area (Å²) in [6, 6.07) is 16.5. The Morgan fingerprint density at radius 3 is 2.54 bits per heavy atom. The summed E-state index contributed by atoms with van der Waals surface area (Å²) >= 11 is 5.99. The molecule has 4 rings (SSSR count). The van der Waals surface area contributed by atoms with Gasteiger partial charge in [0.2, 0.25) is 15.9 Å². The molecule has 0 bridgehead atoms. The maximum atomic E-state index is 13.2. The fraction of sp³-hybridized carbons (Fsp3) is 0.381. The summed E-state index contributed by atoms with van der Waals surface area (Å²) in [6.07, 6.45) is 2.12. The van der Waals surface area contributed by atoms with E-state index >= 15 is 0 Å².